The average molecular weight is 325 g/mol. The molecular weight excluding hydrogens is 309 g/mol. The van der Waals surface area contributed by atoms with Crippen LogP contribution >= 0.6 is 11.8 Å². The second-order valence-electron chi connectivity index (χ2n) is 5.22. The van der Waals surface area contributed by atoms with Gasteiger partial charge < -0.3 is 5.73 Å². The van der Waals surface area contributed by atoms with Gasteiger partial charge in [-0.3, -0.25) is 4.98 Å². The molecule has 3 aromatic rings. The van der Waals surface area contributed by atoms with Gasteiger partial charge in [-0.25, -0.2) is 9.38 Å². The zero-order valence-corrected chi connectivity index (χ0v) is 13.5. The number of rotatable bonds is 3. The Labute approximate surface area is 138 Å². The number of benzene rings is 2. The number of amidine groups is 1. The van der Waals surface area contributed by atoms with E-state index in [1.807, 2.05) is 37.3 Å². The number of hydrogen-bond acceptors (Lipinski definition) is 3. The summed E-state index contributed by atoms with van der Waals surface area (Å²) < 4.78 is 13.7. The lowest BCUT2D eigenvalue weighted by molar-refractivity contribution is 0.628. The first-order chi connectivity index (χ1) is 11.1. The topological polar surface area (TPSA) is 51.3 Å². The second-order valence-corrected chi connectivity index (χ2v) is 6.21. The monoisotopic (exact) mass is 325 g/mol. The quantitative estimate of drug-likeness (QED) is 0.567. The highest BCUT2D eigenvalue weighted by Crippen LogP contribution is 2.23. The molecule has 0 saturated heterocycles. The van der Waals surface area contributed by atoms with Crippen molar-refractivity contribution in [2.24, 2.45) is 10.7 Å². The molecule has 0 radical (unpaired) electrons. The smallest absolute Gasteiger partial charge is 0.159 e. The van der Waals surface area contributed by atoms with E-state index in [-0.39, 0.29) is 5.82 Å². The van der Waals surface area contributed by atoms with E-state index in [0.717, 1.165) is 27.7 Å². The summed E-state index contributed by atoms with van der Waals surface area (Å²) in [6, 6.07) is 14.5. The number of thioether (sulfide) groups is 1. The highest BCUT2D eigenvalue weighted by atomic mass is 32.2. The van der Waals surface area contributed by atoms with Gasteiger partial charge in [-0.1, -0.05) is 30.0 Å². The Balaban J connectivity index is 1.80. The molecule has 23 heavy (non-hydrogen) atoms. The molecule has 3 nitrogen and oxygen atoms in total. The molecule has 3 rings (SSSR count). The van der Waals surface area contributed by atoms with Crippen molar-refractivity contribution >= 4 is 33.5 Å². The van der Waals surface area contributed by atoms with Crippen LogP contribution in [-0.4, -0.2) is 10.2 Å². The molecule has 116 valence electrons. The Morgan fingerprint density at radius 1 is 1.22 bits per heavy atom. The number of nitrogens with two attached hydrogens (primary N) is 1. The fourth-order valence-electron chi connectivity index (χ4n) is 2.35. The van der Waals surface area contributed by atoms with E-state index in [4.69, 9.17) is 5.73 Å². The Hall–Kier alpha value is -2.40. The lowest BCUT2D eigenvalue weighted by Crippen LogP contribution is -2.06. The van der Waals surface area contributed by atoms with E-state index >= 15 is 0 Å². The van der Waals surface area contributed by atoms with Gasteiger partial charge in [0.1, 0.15) is 5.82 Å². The van der Waals surface area contributed by atoms with Crippen LogP contribution in [-0.2, 0) is 5.75 Å². The Morgan fingerprint density at radius 3 is 2.91 bits per heavy atom. The maximum absolute atomic E-state index is 13.7. The highest BCUT2D eigenvalue weighted by Gasteiger charge is 2.07. The van der Waals surface area contributed by atoms with Gasteiger partial charge in [0.15, 0.2) is 5.17 Å². The number of fused-ring (bicyclic) bond motifs is 1. The first-order valence-electron chi connectivity index (χ1n) is 7.18. The van der Waals surface area contributed by atoms with Crippen molar-refractivity contribution < 1.29 is 4.39 Å². The second kappa shape index (κ2) is 6.79. The number of hydrogen-bond donors (Lipinski definition) is 1. The van der Waals surface area contributed by atoms with Gasteiger partial charge in [0.2, 0.25) is 0 Å². The molecule has 0 aliphatic carbocycles. The fraction of sp³-hybridized carbons (Fsp3) is 0.111. The van der Waals surface area contributed by atoms with Crippen molar-refractivity contribution in [1.29, 1.82) is 0 Å². The van der Waals surface area contributed by atoms with E-state index in [1.54, 1.807) is 12.3 Å². The van der Waals surface area contributed by atoms with Crippen molar-refractivity contribution in [3.8, 4) is 0 Å². The largest absolute Gasteiger partial charge is 0.378 e. The summed E-state index contributed by atoms with van der Waals surface area (Å²) in [7, 11) is 0. The predicted octanol–water partition coefficient (Wildman–Crippen LogP) is 4.56. The van der Waals surface area contributed by atoms with E-state index < -0.39 is 0 Å². The Bertz CT molecular complexity index is 877. The van der Waals surface area contributed by atoms with Gasteiger partial charge in [-0.05, 0) is 48.4 Å². The Morgan fingerprint density at radius 2 is 2.09 bits per heavy atom. The van der Waals surface area contributed by atoms with Crippen LogP contribution in [0.25, 0.3) is 10.9 Å². The summed E-state index contributed by atoms with van der Waals surface area (Å²) in [5, 5.41) is 1.24. The molecule has 0 amide bonds. The number of aryl methyl sites for hydroxylation is 1. The van der Waals surface area contributed by atoms with Gasteiger partial charge in [-0.2, -0.15) is 0 Å². The fourth-order valence-corrected chi connectivity index (χ4v) is 3.04. The summed E-state index contributed by atoms with van der Waals surface area (Å²) in [5.74, 6) is 0.252. The van der Waals surface area contributed by atoms with E-state index in [2.05, 4.69) is 9.98 Å². The van der Waals surface area contributed by atoms with Crippen LogP contribution in [0.4, 0.5) is 10.1 Å². The summed E-state index contributed by atoms with van der Waals surface area (Å²) in [4.78, 5) is 8.72. The van der Waals surface area contributed by atoms with Crippen molar-refractivity contribution in [3.05, 3.63) is 71.7 Å². The molecule has 5 heteroatoms. The number of nitrogens with zero attached hydrogens (tertiary/aromatic N) is 2. The molecular formula is C18H16FN3S. The summed E-state index contributed by atoms with van der Waals surface area (Å²) >= 11 is 1.37. The first-order valence-corrected chi connectivity index (χ1v) is 8.17. The molecule has 0 atom stereocenters. The van der Waals surface area contributed by atoms with Crippen LogP contribution in [0, 0.1) is 12.7 Å². The third-order valence-electron chi connectivity index (χ3n) is 3.37. The Kier molecular flexibility index (Phi) is 4.57. The molecule has 1 heterocycles. The van der Waals surface area contributed by atoms with E-state index in [0.29, 0.717) is 10.9 Å². The highest BCUT2D eigenvalue weighted by molar-refractivity contribution is 8.13. The maximum Gasteiger partial charge on any atom is 0.159 e. The molecule has 0 aliphatic heterocycles. The number of aliphatic imine (C=N–C) groups is 1. The molecule has 0 spiro atoms. The molecule has 0 aliphatic rings. The normalized spacial score (nSPS) is 11.8. The number of halogens is 1. The zero-order chi connectivity index (χ0) is 16.2. The molecule has 0 fully saturated rings. The first kappa shape index (κ1) is 15.5. The summed E-state index contributed by atoms with van der Waals surface area (Å²) in [6.07, 6.45) is 1.71. The van der Waals surface area contributed by atoms with E-state index in [9.17, 15) is 4.39 Å². The standard InChI is InChI=1S/C18H16FN3S/c1-12-4-2-6-16(8-12)22-18(20)23-11-14-10-15(19)9-13-5-3-7-21-17(13)14/h2-10H,11H2,1H3,(H2,20,22). The van der Waals surface area contributed by atoms with Crippen molar-refractivity contribution in [3.63, 3.8) is 0 Å². The van der Waals surface area contributed by atoms with E-state index in [1.165, 1.54) is 23.9 Å². The average Bonchev–Trinajstić information content (AvgIpc) is 2.52. The van der Waals surface area contributed by atoms with Crippen molar-refractivity contribution in [2.75, 3.05) is 0 Å². The third kappa shape index (κ3) is 3.87. The number of pyridine rings is 1. The van der Waals surface area contributed by atoms with Gasteiger partial charge in [-0.15, -0.1) is 0 Å². The van der Waals surface area contributed by atoms with Gasteiger partial charge in [0.05, 0.1) is 11.2 Å². The lowest BCUT2D eigenvalue weighted by Gasteiger charge is -2.06. The SMILES string of the molecule is Cc1cccc(N=C(N)SCc2cc(F)cc3cccnc23)c1. The minimum absolute atomic E-state index is 0.268. The van der Waals surface area contributed by atoms with Gasteiger partial charge in [0, 0.05) is 17.3 Å². The number of aromatic nitrogens is 1. The lowest BCUT2D eigenvalue weighted by atomic mass is 10.1. The maximum atomic E-state index is 13.7. The molecule has 0 unspecified atom stereocenters. The van der Waals surface area contributed by atoms with Crippen LogP contribution in [0.3, 0.4) is 0 Å². The summed E-state index contributed by atoms with van der Waals surface area (Å²) in [5.41, 5.74) is 9.54. The van der Waals surface area contributed by atoms with Crippen LogP contribution in [0.15, 0.2) is 59.7 Å². The molecule has 2 aromatic carbocycles. The summed E-state index contributed by atoms with van der Waals surface area (Å²) in [6.45, 7) is 2.01. The van der Waals surface area contributed by atoms with Crippen LogP contribution in [0.5, 0.6) is 0 Å². The molecule has 2 N–H and O–H groups in total. The molecule has 0 saturated carbocycles. The molecule has 0 bridgehead atoms. The van der Waals surface area contributed by atoms with Gasteiger partial charge in [0.25, 0.3) is 0 Å². The minimum Gasteiger partial charge on any atom is -0.378 e. The van der Waals surface area contributed by atoms with Crippen molar-refractivity contribution in [2.45, 2.75) is 12.7 Å². The zero-order valence-electron chi connectivity index (χ0n) is 12.7. The van der Waals surface area contributed by atoms with Crippen LogP contribution < -0.4 is 5.73 Å². The molecule has 1 aromatic heterocycles. The predicted molar refractivity (Wildman–Crippen MR) is 95.5 cm³/mol. The van der Waals surface area contributed by atoms with Gasteiger partial charge >= 0.3 is 0 Å². The minimum atomic E-state index is -0.268. The van der Waals surface area contributed by atoms with Crippen LogP contribution in [0.1, 0.15) is 11.1 Å². The van der Waals surface area contributed by atoms with Crippen LogP contribution in [0.2, 0.25) is 0 Å². The third-order valence-corrected chi connectivity index (χ3v) is 4.21. The van der Waals surface area contributed by atoms with Crippen molar-refractivity contribution in [1.82, 2.24) is 4.98 Å².